The van der Waals surface area contributed by atoms with Crippen LogP contribution in [0.3, 0.4) is 0 Å². The number of hydrogen-bond donors (Lipinski definition) is 2. The molecule has 35 heavy (non-hydrogen) atoms. The molecule has 0 atom stereocenters. The molecule has 2 fully saturated rings. The molecule has 2 aromatic carbocycles. The van der Waals surface area contributed by atoms with E-state index >= 15 is 0 Å². The number of aromatic nitrogens is 1. The van der Waals surface area contributed by atoms with Gasteiger partial charge in [-0.2, -0.15) is 8.42 Å². The van der Waals surface area contributed by atoms with Gasteiger partial charge in [0.2, 0.25) is 0 Å². The fourth-order valence-corrected chi connectivity index (χ4v) is 6.59. The van der Waals surface area contributed by atoms with Crippen molar-refractivity contribution < 1.29 is 17.7 Å². The number of ether oxygens (including phenoxy) is 1. The summed E-state index contributed by atoms with van der Waals surface area (Å²) >= 11 is 0. The number of piperidine rings is 1. The monoisotopic (exact) mass is 496 g/mol. The van der Waals surface area contributed by atoms with Crippen molar-refractivity contribution in [3.05, 3.63) is 71.4 Å². The van der Waals surface area contributed by atoms with E-state index < -0.39 is 10.1 Å². The van der Waals surface area contributed by atoms with E-state index in [4.69, 9.17) is 9.29 Å². The number of benzene rings is 2. The average molecular weight is 497 g/mol. The van der Waals surface area contributed by atoms with E-state index in [-0.39, 0.29) is 11.1 Å². The van der Waals surface area contributed by atoms with Gasteiger partial charge >= 0.3 is 0 Å². The highest BCUT2D eigenvalue weighted by atomic mass is 32.2. The number of hydrogen-bond acceptors (Lipinski definition) is 4. The molecule has 3 aliphatic rings. The number of nitrogens with one attached hydrogen (secondary N) is 1. The highest BCUT2D eigenvalue weighted by Crippen LogP contribution is 2.53. The smallest absolute Gasteiger partial charge is 0.261 e. The van der Waals surface area contributed by atoms with Gasteiger partial charge in [-0.3, -0.25) is 9.45 Å². The predicted octanol–water partition coefficient (Wildman–Crippen LogP) is 5.40. The van der Waals surface area contributed by atoms with Crippen molar-refractivity contribution in [2.24, 2.45) is 0 Å². The van der Waals surface area contributed by atoms with Gasteiger partial charge in [-0.1, -0.05) is 55.0 Å². The lowest BCUT2D eigenvalue weighted by molar-refractivity contribution is -0.120. The average Bonchev–Trinajstić information content (AvgIpc) is 3.25. The lowest BCUT2D eigenvalue weighted by Gasteiger charge is -2.53. The summed E-state index contributed by atoms with van der Waals surface area (Å²) in [5.74, 6) is 0. The molecule has 188 valence electrons. The Morgan fingerprint density at radius 3 is 2.23 bits per heavy atom. The van der Waals surface area contributed by atoms with E-state index in [1.165, 1.54) is 72.9 Å². The predicted molar refractivity (Wildman–Crippen MR) is 139 cm³/mol. The second-order valence-electron chi connectivity index (χ2n) is 10.3. The molecule has 2 aliphatic heterocycles. The van der Waals surface area contributed by atoms with Crippen LogP contribution in [0.1, 0.15) is 61.8 Å². The van der Waals surface area contributed by atoms with Crippen LogP contribution in [0.4, 0.5) is 0 Å². The molecule has 1 saturated heterocycles. The van der Waals surface area contributed by atoms with E-state index in [1.807, 2.05) is 0 Å². The van der Waals surface area contributed by atoms with Crippen LogP contribution in [0.25, 0.3) is 10.9 Å². The highest BCUT2D eigenvalue weighted by molar-refractivity contribution is 7.85. The number of likely N-dealkylation sites (tertiary alicyclic amines) is 1. The molecular weight excluding hydrogens is 460 g/mol. The SMILES string of the molecule is CS(=O)(=O)O.c1ccc(C2(N3CCCCC3)CCC3(CC2)OCCc2c3[nH]c3ccccc23)cc1. The van der Waals surface area contributed by atoms with Crippen LogP contribution in [0.2, 0.25) is 0 Å². The topological polar surface area (TPSA) is 82.6 Å². The van der Waals surface area contributed by atoms with Crippen molar-refractivity contribution in [1.29, 1.82) is 0 Å². The number of fused-ring (bicyclic) bond motifs is 4. The summed E-state index contributed by atoms with van der Waals surface area (Å²) in [6.45, 7) is 3.32. The van der Waals surface area contributed by atoms with Gasteiger partial charge in [0.25, 0.3) is 10.1 Å². The molecule has 0 amide bonds. The molecule has 1 aromatic heterocycles. The minimum Gasteiger partial charge on any atom is -0.368 e. The van der Waals surface area contributed by atoms with Crippen LogP contribution in [0.5, 0.6) is 0 Å². The Bertz CT molecular complexity index is 1250. The summed E-state index contributed by atoms with van der Waals surface area (Å²) in [6.07, 6.45) is 10.3. The van der Waals surface area contributed by atoms with Gasteiger partial charge in [0, 0.05) is 16.4 Å². The Labute approximate surface area is 208 Å². The van der Waals surface area contributed by atoms with Crippen LogP contribution >= 0.6 is 0 Å². The van der Waals surface area contributed by atoms with Crippen LogP contribution in [0, 0.1) is 0 Å². The highest BCUT2D eigenvalue weighted by Gasteiger charge is 2.50. The van der Waals surface area contributed by atoms with Crippen LogP contribution in [-0.2, 0) is 32.4 Å². The van der Waals surface area contributed by atoms with Crippen molar-refractivity contribution in [2.45, 2.75) is 62.5 Å². The maximum atomic E-state index is 9.19. The zero-order valence-corrected chi connectivity index (χ0v) is 21.3. The summed E-state index contributed by atoms with van der Waals surface area (Å²) in [5, 5.41) is 1.39. The summed E-state index contributed by atoms with van der Waals surface area (Å²) in [6, 6.07) is 20.1. The van der Waals surface area contributed by atoms with Crippen LogP contribution in [0.15, 0.2) is 54.6 Å². The summed E-state index contributed by atoms with van der Waals surface area (Å²) < 4.78 is 32.5. The molecule has 1 spiro atoms. The molecule has 6 rings (SSSR count). The Kier molecular flexibility index (Phi) is 6.79. The molecule has 0 radical (unpaired) electrons. The van der Waals surface area contributed by atoms with Gasteiger partial charge in [0.15, 0.2) is 0 Å². The van der Waals surface area contributed by atoms with Gasteiger partial charge < -0.3 is 9.72 Å². The van der Waals surface area contributed by atoms with Crippen molar-refractivity contribution in [1.82, 2.24) is 9.88 Å². The minimum absolute atomic E-state index is 0.138. The van der Waals surface area contributed by atoms with Gasteiger partial charge in [-0.25, -0.2) is 0 Å². The third-order valence-corrected chi connectivity index (χ3v) is 8.16. The maximum Gasteiger partial charge on any atom is 0.261 e. The van der Waals surface area contributed by atoms with Gasteiger partial charge in [0.05, 0.1) is 18.6 Å². The first-order valence-electron chi connectivity index (χ1n) is 12.8. The number of H-pyrrole nitrogens is 1. The molecule has 1 saturated carbocycles. The molecule has 3 aromatic rings. The molecule has 0 unspecified atom stereocenters. The largest absolute Gasteiger partial charge is 0.368 e. The molecule has 6 nitrogen and oxygen atoms in total. The number of para-hydroxylation sites is 1. The number of rotatable bonds is 2. The fraction of sp³-hybridized carbons (Fsp3) is 0.500. The van der Waals surface area contributed by atoms with Crippen LogP contribution in [-0.4, -0.2) is 48.8 Å². The Hall–Kier alpha value is -2.19. The lowest BCUT2D eigenvalue weighted by Crippen LogP contribution is -2.54. The van der Waals surface area contributed by atoms with Crippen molar-refractivity contribution in [3.8, 4) is 0 Å². The van der Waals surface area contributed by atoms with Gasteiger partial charge in [-0.15, -0.1) is 0 Å². The van der Waals surface area contributed by atoms with Crippen LogP contribution < -0.4 is 0 Å². The van der Waals surface area contributed by atoms with Crippen molar-refractivity contribution in [3.63, 3.8) is 0 Å². The Morgan fingerprint density at radius 1 is 0.914 bits per heavy atom. The van der Waals surface area contributed by atoms with Gasteiger partial charge in [0.1, 0.15) is 5.60 Å². The van der Waals surface area contributed by atoms with E-state index in [0.717, 1.165) is 25.9 Å². The molecular formula is C28H36N2O4S. The minimum atomic E-state index is -3.67. The summed E-state index contributed by atoms with van der Waals surface area (Å²) in [4.78, 5) is 6.60. The van der Waals surface area contributed by atoms with E-state index in [2.05, 4.69) is 64.5 Å². The molecule has 2 N–H and O–H groups in total. The van der Waals surface area contributed by atoms with Crippen molar-refractivity contribution >= 4 is 21.0 Å². The van der Waals surface area contributed by atoms with E-state index in [1.54, 1.807) is 0 Å². The number of aromatic amines is 1. The quantitative estimate of drug-likeness (QED) is 0.465. The second-order valence-corrected chi connectivity index (χ2v) is 11.8. The van der Waals surface area contributed by atoms with E-state index in [0.29, 0.717) is 6.26 Å². The molecule has 0 bridgehead atoms. The zero-order chi connectivity index (χ0) is 24.5. The maximum absolute atomic E-state index is 9.19. The lowest BCUT2D eigenvalue weighted by atomic mass is 9.67. The Balaban J connectivity index is 0.000000464. The van der Waals surface area contributed by atoms with Gasteiger partial charge in [-0.05, 0) is 75.2 Å². The third kappa shape index (κ3) is 4.92. The standard InChI is InChI=1S/C27H32N2O.CH4O3S/c1-3-9-21(10-4-1)26(29-18-7-2-8-19-29)14-16-27(17-15-26)25-23(13-20-30-27)22-11-5-6-12-24(22)28-25;1-5(2,3)4/h1,3-6,9-12,28H,2,7-8,13-20H2;1H3,(H,2,3,4). The first-order chi connectivity index (χ1) is 16.8. The summed E-state index contributed by atoms with van der Waals surface area (Å²) in [5.41, 5.74) is 5.68. The fourth-order valence-electron chi connectivity index (χ4n) is 6.59. The first-order valence-corrected chi connectivity index (χ1v) is 14.6. The first kappa shape index (κ1) is 24.5. The van der Waals surface area contributed by atoms with E-state index in [9.17, 15) is 8.42 Å². The molecule has 1 aliphatic carbocycles. The van der Waals surface area contributed by atoms with Crippen molar-refractivity contribution in [2.75, 3.05) is 26.0 Å². The Morgan fingerprint density at radius 2 is 1.54 bits per heavy atom. The molecule has 3 heterocycles. The second kappa shape index (κ2) is 9.69. The third-order valence-electron chi connectivity index (χ3n) is 8.16. The molecule has 7 heteroatoms. The number of nitrogens with zero attached hydrogens (tertiary/aromatic N) is 1. The zero-order valence-electron chi connectivity index (χ0n) is 20.5. The normalized spacial score (nSPS) is 27.3. The summed E-state index contributed by atoms with van der Waals surface area (Å²) in [7, 11) is -3.67.